The van der Waals surface area contributed by atoms with E-state index in [1.807, 2.05) is 6.07 Å². The second-order valence-electron chi connectivity index (χ2n) is 6.70. The highest BCUT2D eigenvalue weighted by atomic mass is 19.1. The van der Waals surface area contributed by atoms with Gasteiger partial charge < -0.3 is 10.6 Å². The Kier molecular flexibility index (Phi) is 4.48. The van der Waals surface area contributed by atoms with E-state index in [1.165, 1.54) is 32.1 Å². The lowest BCUT2D eigenvalue weighted by Crippen LogP contribution is -2.36. The summed E-state index contributed by atoms with van der Waals surface area (Å²) in [5.74, 6) is 0.727. The van der Waals surface area contributed by atoms with Gasteiger partial charge in [-0.05, 0) is 50.2 Å². The molecule has 2 nitrogen and oxygen atoms in total. The monoisotopic (exact) mass is 290 g/mol. The summed E-state index contributed by atoms with van der Waals surface area (Å²) in [6.45, 7) is 3.14. The molecule has 1 aromatic rings. The summed E-state index contributed by atoms with van der Waals surface area (Å²) in [6, 6.07) is 6.19. The molecule has 0 bridgehead atoms. The Balaban J connectivity index is 1.89. The van der Waals surface area contributed by atoms with Crippen LogP contribution in [0.4, 0.5) is 10.1 Å². The van der Waals surface area contributed by atoms with Crippen molar-refractivity contribution >= 4 is 5.69 Å². The molecular formula is C18H27FN2. The van der Waals surface area contributed by atoms with Gasteiger partial charge >= 0.3 is 0 Å². The Hall–Kier alpha value is -1.09. The van der Waals surface area contributed by atoms with Gasteiger partial charge in [0.1, 0.15) is 5.82 Å². The molecular weight excluding hydrogens is 263 g/mol. The number of nitrogens with zero attached hydrogens (tertiary/aromatic N) is 1. The summed E-state index contributed by atoms with van der Waals surface area (Å²) >= 11 is 0. The Morgan fingerprint density at radius 1 is 1.29 bits per heavy atom. The summed E-state index contributed by atoms with van der Waals surface area (Å²) in [4.78, 5) is 2.48. The molecule has 3 atom stereocenters. The number of hydrogen-bond acceptors (Lipinski definition) is 2. The first kappa shape index (κ1) is 14.8. The number of fused-ring (bicyclic) bond motifs is 1. The first-order chi connectivity index (χ1) is 10.2. The predicted octanol–water partition coefficient (Wildman–Crippen LogP) is 3.87. The predicted molar refractivity (Wildman–Crippen MR) is 86.1 cm³/mol. The van der Waals surface area contributed by atoms with Gasteiger partial charge in [-0.15, -0.1) is 0 Å². The molecule has 2 N–H and O–H groups in total. The van der Waals surface area contributed by atoms with Crippen LogP contribution in [0.5, 0.6) is 0 Å². The van der Waals surface area contributed by atoms with Crippen LogP contribution in [0.1, 0.15) is 51.0 Å². The lowest BCUT2D eigenvalue weighted by molar-refractivity contribution is 0.342. The van der Waals surface area contributed by atoms with E-state index in [-0.39, 0.29) is 11.9 Å². The van der Waals surface area contributed by atoms with Gasteiger partial charge in [-0.1, -0.05) is 25.8 Å². The molecule has 3 unspecified atom stereocenters. The molecule has 0 aromatic heterocycles. The third-order valence-corrected chi connectivity index (χ3v) is 5.40. The van der Waals surface area contributed by atoms with Crippen molar-refractivity contribution in [2.24, 2.45) is 11.7 Å². The summed E-state index contributed by atoms with van der Waals surface area (Å²) in [6.07, 6.45) is 8.09. The molecule has 3 rings (SSSR count). The average Bonchev–Trinajstić information content (AvgIpc) is 2.93. The first-order valence-electron chi connectivity index (χ1n) is 8.50. The Morgan fingerprint density at radius 2 is 2.10 bits per heavy atom. The molecule has 1 aliphatic heterocycles. The maximum absolute atomic E-state index is 14.3. The molecule has 0 amide bonds. The fraction of sp³-hybridized carbons (Fsp3) is 0.667. The van der Waals surface area contributed by atoms with Gasteiger partial charge in [0.25, 0.3) is 0 Å². The second-order valence-corrected chi connectivity index (χ2v) is 6.70. The van der Waals surface area contributed by atoms with Crippen molar-refractivity contribution in [2.45, 2.75) is 64.0 Å². The summed E-state index contributed by atoms with van der Waals surface area (Å²) in [7, 11) is 0. The van der Waals surface area contributed by atoms with Crippen molar-refractivity contribution in [1.29, 1.82) is 0 Å². The van der Waals surface area contributed by atoms with Crippen LogP contribution >= 0.6 is 0 Å². The molecule has 1 saturated heterocycles. The fourth-order valence-corrected chi connectivity index (χ4v) is 4.13. The van der Waals surface area contributed by atoms with E-state index in [1.54, 1.807) is 6.07 Å². The van der Waals surface area contributed by atoms with E-state index >= 15 is 0 Å². The quantitative estimate of drug-likeness (QED) is 0.912. The maximum Gasteiger partial charge on any atom is 0.128 e. The maximum atomic E-state index is 14.3. The van der Waals surface area contributed by atoms with Gasteiger partial charge in [-0.2, -0.15) is 0 Å². The van der Waals surface area contributed by atoms with Crippen molar-refractivity contribution in [3.63, 3.8) is 0 Å². The topological polar surface area (TPSA) is 29.3 Å². The van der Waals surface area contributed by atoms with Crippen LogP contribution in [0.2, 0.25) is 0 Å². The number of rotatable bonds is 4. The Labute approximate surface area is 127 Å². The van der Waals surface area contributed by atoms with Crippen LogP contribution in [0.3, 0.4) is 0 Å². The smallest absolute Gasteiger partial charge is 0.128 e. The number of hydrogen-bond donors (Lipinski definition) is 1. The van der Waals surface area contributed by atoms with E-state index in [9.17, 15) is 4.39 Å². The van der Waals surface area contributed by atoms with Crippen molar-refractivity contribution in [1.82, 2.24) is 0 Å². The van der Waals surface area contributed by atoms with Gasteiger partial charge in [0.2, 0.25) is 0 Å². The van der Waals surface area contributed by atoms with Crippen molar-refractivity contribution in [2.75, 3.05) is 11.4 Å². The van der Waals surface area contributed by atoms with Crippen LogP contribution in [-0.2, 0) is 6.42 Å². The van der Waals surface area contributed by atoms with E-state index < -0.39 is 0 Å². The van der Waals surface area contributed by atoms with Crippen LogP contribution < -0.4 is 10.6 Å². The zero-order valence-electron chi connectivity index (χ0n) is 13.0. The highest BCUT2D eigenvalue weighted by Crippen LogP contribution is 2.40. The molecule has 1 aliphatic carbocycles. The number of benzene rings is 1. The minimum Gasteiger partial charge on any atom is -0.368 e. The van der Waals surface area contributed by atoms with Crippen LogP contribution in [-0.4, -0.2) is 18.6 Å². The van der Waals surface area contributed by atoms with E-state index in [2.05, 4.69) is 17.9 Å². The summed E-state index contributed by atoms with van der Waals surface area (Å²) in [5, 5.41) is 0. The van der Waals surface area contributed by atoms with Gasteiger partial charge in [0.05, 0.1) is 0 Å². The Bertz CT molecular complexity index is 488. The molecule has 116 valence electrons. The van der Waals surface area contributed by atoms with Crippen LogP contribution in [0.25, 0.3) is 0 Å². The molecule has 3 heteroatoms. The summed E-state index contributed by atoms with van der Waals surface area (Å²) < 4.78 is 14.3. The molecule has 1 saturated carbocycles. The standard InChI is InChI=1S/C18H27FN2/c1-2-14(20)12-15-16(19)7-5-9-18(15)21-11-10-13-6-3-4-8-17(13)21/h5,7,9,13-14,17H,2-4,6,8,10-12,20H2,1H3. The minimum atomic E-state index is -0.0874. The molecule has 0 spiro atoms. The molecule has 2 fully saturated rings. The second kappa shape index (κ2) is 6.35. The van der Waals surface area contributed by atoms with Crippen molar-refractivity contribution < 1.29 is 4.39 Å². The van der Waals surface area contributed by atoms with E-state index in [0.717, 1.165) is 30.1 Å². The third kappa shape index (κ3) is 2.94. The number of anilines is 1. The lowest BCUT2D eigenvalue weighted by Gasteiger charge is -2.34. The molecule has 1 aromatic carbocycles. The normalized spacial score (nSPS) is 26.7. The summed E-state index contributed by atoms with van der Waals surface area (Å²) in [5.41, 5.74) is 8.02. The minimum absolute atomic E-state index is 0.0467. The number of nitrogens with two attached hydrogens (primary N) is 1. The highest BCUT2D eigenvalue weighted by Gasteiger charge is 2.36. The fourth-order valence-electron chi connectivity index (χ4n) is 4.13. The molecule has 1 heterocycles. The zero-order valence-corrected chi connectivity index (χ0v) is 13.0. The van der Waals surface area contributed by atoms with E-state index in [4.69, 9.17) is 5.73 Å². The number of halogens is 1. The van der Waals surface area contributed by atoms with Crippen molar-refractivity contribution in [3.8, 4) is 0 Å². The highest BCUT2D eigenvalue weighted by molar-refractivity contribution is 5.56. The lowest BCUT2D eigenvalue weighted by atomic mass is 9.85. The van der Waals surface area contributed by atoms with Gasteiger partial charge in [0, 0.05) is 29.9 Å². The third-order valence-electron chi connectivity index (χ3n) is 5.40. The first-order valence-corrected chi connectivity index (χ1v) is 8.50. The average molecular weight is 290 g/mol. The Morgan fingerprint density at radius 3 is 2.90 bits per heavy atom. The van der Waals surface area contributed by atoms with Crippen LogP contribution in [0, 0.1) is 11.7 Å². The SMILES string of the molecule is CCC(N)Cc1c(F)cccc1N1CCC2CCCCC21. The molecule has 21 heavy (non-hydrogen) atoms. The van der Waals surface area contributed by atoms with Crippen LogP contribution in [0.15, 0.2) is 18.2 Å². The van der Waals surface area contributed by atoms with Gasteiger partial charge in [-0.25, -0.2) is 4.39 Å². The largest absolute Gasteiger partial charge is 0.368 e. The van der Waals surface area contributed by atoms with Gasteiger partial charge in [-0.3, -0.25) is 0 Å². The van der Waals surface area contributed by atoms with Gasteiger partial charge in [0.15, 0.2) is 0 Å². The zero-order chi connectivity index (χ0) is 14.8. The molecule has 0 radical (unpaired) electrons. The molecule has 2 aliphatic rings. The van der Waals surface area contributed by atoms with E-state index in [0.29, 0.717) is 12.5 Å². The van der Waals surface area contributed by atoms with Crippen molar-refractivity contribution in [3.05, 3.63) is 29.6 Å².